The van der Waals surface area contributed by atoms with Crippen molar-refractivity contribution in [2.75, 3.05) is 18.9 Å². The molecular weight excluding hydrogens is 370 g/mol. The first-order chi connectivity index (χ1) is 12.5. The maximum absolute atomic E-state index is 12.4. The van der Waals surface area contributed by atoms with Gasteiger partial charge in [0.1, 0.15) is 5.01 Å². The molecule has 3 aromatic rings. The number of rotatable bonds is 6. The van der Waals surface area contributed by atoms with Gasteiger partial charge in [-0.15, -0.1) is 11.3 Å². The maximum Gasteiger partial charge on any atom is 0.243 e. The fourth-order valence-electron chi connectivity index (χ4n) is 2.32. The van der Waals surface area contributed by atoms with E-state index >= 15 is 0 Å². The molecule has 1 amide bonds. The van der Waals surface area contributed by atoms with Crippen LogP contribution in [0.25, 0.3) is 10.6 Å². The van der Waals surface area contributed by atoms with Crippen molar-refractivity contribution in [1.29, 1.82) is 0 Å². The molecule has 6 nitrogen and oxygen atoms in total. The Morgan fingerprint density at radius 1 is 1.12 bits per heavy atom. The van der Waals surface area contributed by atoms with Crippen molar-refractivity contribution in [1.82, 2.24) is 9.29 Å². The predicted molar refractivity (Wildman–Crippen MR) is 102 cm³/mol. The van der Waals surface area contributed by atoms with Gasteiger partial charge in [-0.1, -0.05) is 18.2 Å². The zero-order valence-electron chi connectivity index (χ0n) is 14.0. The molecule has 0 spiro atoms. The molecule has 0 fully saturated rings. The van der Waals surface area contributed by atoms with E-state index in [0.29, 0.717) is 5.69 Å². The molecule has 1 N–H and O–H groups in total. The fourth-order valence-corrected chi connectivity index (χ4v) is 4.11. The lowest BCUT2D eigenvalue weighted by Crippen LogP contribution is -2.34. The maximum atomic E-state index is 12.4. The molecule has 0 aliphatic carbocycles. The van der Waals surface area contributed by atoms with Gasteiger partial charge in [-0.2, -0.15) is 4.31 Å². The van der Waals surface area contributed by atoms with Gasteiger partial charge in [0.2, 0.25) is 15.9 Å². The lowest BCUT2D eigenvalue weighted by molar-refractivity contribution is -0.116. The Balaban J connectivity index is 1.63. The summed E-state index contributed by atoms with van der Waals surface area (Å²) < 4.78 is 25.9. The van der Waals surface area contributed by atoms with Gasteiger partial charge in [0.15, 0.2) is 0 Å². The Labute approximate surface area is 156 Å². The molecule has 0 saturated heterocycles. The summed E-state index contributed by atoms with van der Waals surface area (Å²) in [5.41, 5.74) is 1.56. The van der Waals surface area contributed by atoms with Crippen molar-refractivity contribution in [3.8, 4) is 10.6 Å². The van der Waals surface area contributed by atoms with Gasteiger partial charge in [-0.05, 0) is 36.4 Å². The number of sulfonamides is 1. The summed E-state index contributed by atoms with van der Waals surface area (Å²) in [6, 6.07) is 15.3. The van der Waals surface area contributed by atoms with E-state index in [2.05, 4.69) is 10.3 Å². The number of nitrogens with zero attached hydrogens (tertiary/aromatic N) is 2. The number of thiazole rings is 1. The third-order valence-electron chi connectivity index (χ3n) is 3.67. The monoisotopic (exact) mass is 387 g/mol. The quantitative estimate of drug-likeness (QED) is 0.705. The molecule has 0 saturated carbocycles. The molecule has 2 aromatic carbocycles. The summed E-state index contributed by atoms with van der Waals surface area (Å²) in [5.74, 6) is -0.408. The van der Waals surface area contributed by atoms with Gasteiger partial charge < -0.3 is 5.32 Å². The summed E-state index contributed by atoms with van der Waals surface area (Å²) in [4.78, 5) is 16.6. The lowest BCUT2D eigenvalue weighted by Gasteiger charge is -2.17. The number of nitrogens with one attached hydrogen (secondary N) is 1. The molecule has 26 heavy (non-hydrogen) atoms. The molecule has 0 atom stereocenters. The Morgan fingerprint density at radius 2 is 1.81 bits per heavy atom. The van der Waals surface area contributed by atoms with Gasteiger partial charge in [0, 0.05) is 29.9 Å². The van der Waals surface area contributed by atoms with Crippen molar-refractivity contribution >= 4 is 33.0 Å². The second kappa shape index (κ2) is 7.77. The molecule has 1 heterocycles. The molecular formula is C18H17N3O3S2. The van der Waals surface area contributed by atoms with Crippen LogP contribution in [0.4, 0.5) is 5.69 Å². The van der Waals surface area contributed by atoms with Crippen molar-refractivity contribution in [2.45, 2.75) is 4.90 Å². The minimum Gasteiger partial charge on any atom is -0.325 e. The number of carbonyl (C=O) groups is 1. The average Bonchev–Trinajstić information content (AvgIpc) is 3.17. The fraction of sp³-hybridized carbons (Fsp3) is 0.111. The highest BCUT2D eigenvalue weighted by Crippen LogP contribution is 2.23. The molecule has 3 rings (SSSR count). The minimum absolute atomic E-state index is 0.156. The average molecular weight is 387 g/mol. The largest absolute Gasteiger partial charge is 0.325 e. The van der Waals surface area contributed by atoms with Crippen LogP contribution in [0.5, 0.6) is 0 Å². The number of hydrogen-bond acceptors (Lipinski definition) is 5. The van der Waals surface area contributed by atoms with Gasteiger partial charge in [0.25, 0.3) is 0 Å². The standard InChI is InChI=1S/C18H17N3O3S2/c1-21(26(23,24)16-5-3-2-4-6-16)13-17(22)20-15-9-7-14(8-10-15)18-19-11-12-25-18/h2-12H,13H2,1H3,(H,20,22). The molecule has 0 unspecified atom stereocenters. The normalized spacial score (nSPS) is 11.5. The van der Waals surface area contributed by atoms with Crippen LogP contribution in [0.15, 0.2) is 71.1 Å². The molecule has 0 aliphatic rings. The third kappa shape index (κ3) is 4.16. The molecule has 0 bridgehead atoms. The Bertz CT molecular complexity index is 970. The first-order valence-electron chi connectivity index (χ1n) is 7.78. The first kappa shape index (κ1) is 18.2. The number of carbonyl (C=O) groups excluding carboxylic acids is 1. The number of benzene rings is 2. The van der Waals surface area contributed by atoms with Crippen LogP contribution in [-0.2, 0) is 14.8 Å². The summed E-state index contributed by atoms with van der Waals surface area (Å²) >= 11 is 1.53. The zero-order valence-corrected chi connectivity index (χ0v) is 15.6. The summed E-state index contributed by atoms with van der Waals surface area (Å²) in [7, 11) is -2.31. The van der Waals surface area contributed by atoms with E-state index in [9.17, 15) is 13.2 Å². The zero-order chi connectivity index (χ0) is 18.6. The minimum atomic E-state index is -3.70. The lowest BCUT2D eigenvalue weighted by atomic mass is 10.2. The molecule has 1 aromatic heterocycles. The SMILES string of the molecule is CN(CC(=O)Nc1ccc(-c2nccs2)cc1)S(=O)(=O)c1ccccc1. The number of aromatic nitrogens is 1. The van der Waals surface area contributed by atoms with Gasteiger partial charge in [0.05, 0.1) is 11.4 Å². The summed E-state index contributed by atoms with van der Waals surface area (Å²) in [5, 5.41) is 5.50. The summed E-state index contributed by atoms with van der Waals surface area (Å²) in [6.45, 7) is -0.272. The van der Waals surface area contributed by atoms with Gasteiger partial charge >= 0.3 is 0 Å². The predicted octanol–water partition coefficient (Wildman–Crippen LogP) is 3.07. The smallest absolute Gasteiger partial charge is 0.243 e. The Kier molecular flexibility index (Phi) is 5.46. The molecule has 0 aliphatic heterocycles. The van der Waals surface area contributed by atoms with E-state index < -0.39 is 15.9 Å². The van der Waals surface area contributed by atoms with E-state index in [4.69, 9.17) is 0 Å². The van der Waals surface area contributed by atoms with E-state index in [1.807, 2.05) is 17.5 Å². The molecule has 0 radical (unpaired) electrons. The van der Waals surface area contributed by atoms with E-state index in [0.717, 1.165) is 14.9 Å². The van der Waals surface area contributed by atoms with Crippen molar-refractivity contribution in [2.24, 2.45) is 0 Å². The number of hydrogen-bond donors (Lipinski definition) is 1. The van der Waals surface area contributed by atoms with Crippen LogP contribution in [0, 0.1) is 0 Å². The van der Waals surface area contributed by atoms with Gasteiger partial charge in [-0.3, -0.25) is 4.79 Å². The Morgan fingerprint density at radius 3 is 2.42 bits per heavy atom. The van der Waals surface area contributed by atoms with E-state index in [1.165, 1.54) is 30.5 Å². The van der Waals surface area contributed by atoms with E-state index in [1.54, 1.807) is 36.5 Å². The van der Waals surface area contributed by atoms with Gasteiger partial charge in [-0.25, -0.2) is 13.4 Å². The summed E-state index contributed by atoms with van der Waals surface area (Å²) in [6.07, 6.45) is 1.73. The van der Waals surface area contributed by atoms with Crippen LogP contribution in [-0.4, -0.2) is 37.2 Å². The van der Waals surface area contributed by atoms with Crippen LogP contribution in [0.1, 0.15) is 0 Å². The second-order valence-corrected chi connectivity index (χ2v) is 8.48. The van der Waals surface area contributed by atoms with Crippen LogP contribution < -0.4 is 5.32 Å². The van der Waals surface area contributed by atoms with Crippen LogP contribution >= 0.6 is 11.3 Å². The van der Waals surface area contributed by atoms with Crippen LogP contribution in [0.3, 0.4) is 0 Å². The Hall–Kier alpha value is -2.55. The second-order valence-electron chi connectivity index (χ2n) is 5.54. The molecule has 8 heteroatoms. The number of likely N-dealkylation sites (N-methyl/N-ethyl adjacent to an activating group) is 1. The van der Waals surface area contributed by atoms with E-state index in [-0.39, 0.29) is 11.4 Å². The van der Waals surface area contributed by atoms with Crippen molar-refractivity contribution in [3.05, 3.63) is 66.2 Å². The third-order valence-corrected chi connectivity index (χ3v) is 6.31. The topological polar surface area (TPSA) is 79.4 Å². The highest BCUT2D eigenvalue weighted by atomic mass is 32.2. The number of anilines is 1. The molecule has 134 valence electrons. The van der Waals surface area contributed by atoms with Crippen LogP contribution in [0.2, 0.25) is 0 Å². The highest BCUT2D eigenvalue weighted by molar-refractivity contribution is 7.89. The van der Waals surface area contributed by atoms with Crippen molar-refractivity contribution in [3.63, 3.8) is 0 Å². The van der Waals surface area contributed by atoms with Crippen molar-refractivity contribution < 1.29 is 13.2 Å². The number of amides is 1. The highest BCUT2D eigenvalue weighted by Gasteiger charge is 2.22. The first-order valence-corrected chi connectivity index (χ1v) is 10.1.